The van der Waals surface area contributed by atoms with Gasteiger partial charge in [-0.25, -0.2) is 0 Å². The summed E-state index contributed by atoms with van der Waals surface area (Å²) in [5, 5.41) is 43.2. The van der Waals surface area contributed by atoms with Gasteiger partial charge in [-0.3, -0.25) is 4.79 Å². The molecule has 0 aliphatic rings. The van der Waals surface area contributed by atoms with Gasteiger partial charge < -0.3 is 25.7 Å². The molecule has 0 aromatic rings. The molecule has 0 aromatic heterocycles. The van der Waals surface area contributed by atoms with Crippen molar-refractivity contribution in [2.24, 2.45) is 0 Å². The number of aliphatic hydroxyl groups is 4. The van der Waals surface area contributed by atoms with Crippen molar-refractivity contribution >= 4 is 5.91 Å². The summed E-state index contributed by atoms with van der Waals surface area (Å²) >= 11 is 0. The second-order valence-corrected chi connectivity index (χ2v) is 15.0. The first-order valence-electron chi connectivity index (χ1n) is 21.6. The van der Waals surface area contributed by atoms with Crippen LogP contribution in [0.25, 0.3) is 0 Å². The van der Waals surface area contributed by atoms with E-state index in [1.165, 1.54) is 154 Å². The van der Waals surface area contributed by atoms with Crippen molar-refractivity contribution in [1.82, 2.24) is 5.32 Å². The van der Waals surface area contributed by atoms with Crippen molar-refractivity contribution in [3.63, 3.8) is 0 Å². The minimum atomic E-state index is -1.27. The third kappa shape index (κ3) is 32.7. The first kappa shape index (κ1) is 48.0. The normalized spacial score (nSPS) is 14.3. The molecule has 0 spiro atoms. The molecule has 6 heteroatoms. The molecule has 0 aliphatic heterocycles. The third-order valence-electron chi connectivity index (χ3n) is 10.2. The van der Waals surface area contributed by atoms with Crippen LogP contribution < -0.4 is 5.32 Å². The van der Waals surface area contributed by atoms with Crippen LogP contribution in [0, 0.1) is 0 Å². The van der Waals surface area contributed by atoms with Gasteiger partial charge in [-0.2, -0.15) is 0 Å². The van der Waals surface area contributed by atoms with E-state index in [2.05, 4.69) is 31.3 Å². The highest BCUT2D eigenvalue weighted by molar-refractivity contribution is 5.80. The lowest BCUT2D eigenvalue weighted by molar-refractivity contribution is -0.132. The van der Waals surface area contributed by atoms with Gasteiger partial charge in [-0.1, -0.05) is 206 Å². The van der Waals surface area contributed by atoms with Gasteiger partial charge in [0.15, 0.2) is 0 Å². The first-order chi connectivity index (χ1) is 24.0. The van der Waals surface area contributed by atoms with Crippen molar-refractivity contribution in [1.29, 1.82) is 0 Å². The number of hydrogen-bond donors (Lipinski definition) is 5. The first-order valence-corrected chi connectivity index (χ1v) is 21.6. The zero-order valence-corrected chi connectivity index (χ0v) is 32.7. The van der Waals surface area contributed by atoms with Gasteiger partial charge in [0.05, 0.1) is 18.8 Å². The molecule has 0 fully saturated rings. The van der Waals surface area contributed by atoms with E-state index in [-0.39, 0.29) is 0 Å². The van der Waals surface area contributed by atoms with Gasteiger partial charge in [0.25, 0.3) is 0 Å². The van der Waals surface area contributed by atoms with Gasteiger partial charge in [-0.15, -0.1) is 0 Å². The van der Waals surface area contributed by atoms with Crippen LogP contribution in [0.1, 0.15) is 226 Å². The number of allylic oxidation sites excluding steroid dienone is 2. The number of nitrogens with one attached hydrogen (secondary N) is 1. The summed E-state index contributed by atoms with van der Waals surface area (Å²) in [6.07, 6.45) is 41.5. The highest BCUT2D eigenvalue weighted by Crippen LogP contribution is 2.17. The van der Waals surface area contributed by atoms with Crippen LogP contribution in [0.15, 0.2) is 12.2 Å². The number of carbonyl (C=O) groups excluding carboxylic acids is 1. The zero-order valence-electron chi connectivity index (χ0n) is 32.7. The molecular formula is C43H85NO5. The SMILES string of the molecule is CCCC/C=C/CCCC(O)C(O)C(CO)NC(=O)C(O)CCCCCCCCCCCCCCCCCCCCCCCCCCCC. The number of carbonyl (C=O) groups is 1. The van der Waals surface area contributed by atoms with Crippen LogP contribution >= 0.6 is 0 Å². The number of rotatable bonds is 39. The molecule has 4 unspecified atom stereocenters. The Kier molecular flexibility index (Phi) is 37.5. The Hall–Kier alpha value is -0.950. The van der Waals surface area contributed by atoms with Crippen molar-refractivity contribution in [2.45, 2.75) is 250 Å². The minimum absolute atomic E-state index is 0.367. The second-order valence-electron chi connectivity index (χ2n) is 15.0. The quantitative estimate of drug-likeness (QED) is 0.0325. The molecule has 0 bridgehead atoms. The number of amides is 1. The van der Waals surface area contributed by atoms with E-state index in [1.807, 2.05) is 0 Å². The maximum atomic E-state index is 12.4. The highest BCUT2D eigenvalue weighted by atomic mass is 16.3. The summed E-state index contributed by atoms with van der Waals surface area (Å²) in [6, 6.07) is -0.994. The second kappa shape index (κ2) is 38.3. The summed E-state index contributed by atoms with van der Waals surface area (Å²) < 4.78 is 0. The lowest BCUT2D eigenvalue weighted by atomic mass is 10.00. The van der Waals surface area contributed by atoms with Gasteiger partial charge in [0.2, 0.25) is 5.91 Å². The summed E-state index contributed by atoms with van der Waals surface area (Å²) in [7, 11) is 0. The summed E-state index contributed by atoms with van der Waals surface area (Å²) in [4.78, 5) is 12.4. The molecule has 4 atom stereocenters. The van der Waals surface area contributed by atoms with Gasteiger partial charge >= 0.3 is 0 Å². The van der Waals surface area contributed by atoms with Crippen molar-refractivity contribution in [3.05, 3.63) is 12.2 Å². The average molecular weight is 696 g/mol. The molecule has 0 saturated heterocycles. The fourth-order valence-electron chi connectivity index (χ4n) is 6.74. The van der Waals surface area contributed by atoms with Gasteiger partial charge in [0, 0.05) is 0 Å². The van der Waals surface area contributed by atoms with Crippen LogP contribution in [-0.2, 0) is 4.79 Å². The van der Waals surface area contributed by atoms with Crippen LogP contribution in [0.3, 0.4) is 0 Å². The van der Waals surface area contributed by atoms with E-state index in [4.69, 9.17) is 0 Å². The van der Waals surface area contributed by atoms with Crippen molar-refractivity contribution in [3.8, 4) is 0 Å². The molecular weight excluding hydrogens is 610 g/mol. The monoisotopic (exact) mass is 696 g/mol. The summed E-state index contributed by atoms with van der Waals surface area (Å²) in [5.41, 5.74) is 0. The third-order valence-corrected chi connectivity index (χ3v) is 10.2. The number of aliphatic hydroxyl groups excluding tert-OH is 4. The Morgan fingerprint density at radius 3 is 1.20 bits per heavy atom. The standard InChI is InChI=1S/C43H85NO5/c1-3-5-7-9-11-12-13-14-15-16-17-18-19-20-21-22-23-24-25-26-27-28-29-31-33-35-37-41(47)43(49)44-39(38-45)42(48)40(46)36-34-32-30-10-8-6-4-2/h10,30,39-42,45-48H,3-9,11-29,31-38H2,1-2H3,(H,44,49)/b30-10+. The van der Waals surface area contributed by atoms with Gasteiger partial charge in [0.1, 0.15) is 12.2 Å². The predicted octanol–water partition coefficient (Wildman–Crippen LogP) is 11.0. The zero-order chi connectivity index (χ0) is 36.0. The Morgan fingerprint density at radius 1 is 0.490 bits per heavy atom. The van der Waals surface area contributed by atoms with E-state index in [1.54, 1.807) is 0 Å². The molecule has 0 heterocycles. The largest absolute Gasteiger partial charge is 0.394 e. The number of hydrogen-bond acceptors (Lipinski definition) is 5. The molecule has 1 amide bonds. The number of unbranched alkanes of at least 4 members (excludes halogenated alkanes) is 28. The van der Waals surface area contributed by atoms with Crippen LogP contribution in [-0.4, -0.2) is 57.3 Å². The van der Waals surface area contributed by atoms with Crippen molar-refractivity contribution < 1.29 is 25.2 Å². The van der Waals surface area contributed by atoms with Crippen LogP contribution in [0.5, 0.6) is 0 Å². The Morgan fingerprint density at radius 2 is 0.837 bits per heavy atom. The summed E-state index contributed by atoms with van der Waals surface area (Å²) in [6.45, 7) is 3.96. The molecule has 0 saturated carbocycles. The molecule has 49 heavy (non-hydrogen) atoms. The Bertz CT molecular complexity index is 702. The molecule has 5 N–H and O–H groups in total. The lowest BCUT2D eigenvalue weighted by Crippen LogP contribution is -2.53. The molecule has 0 rings (SSSR count). The molecule has 0 aromatic carbocycles. The van der Waals surface area contributed by atoms with Crippen molar-refractivity contribution in [2.75, 3.05) is 6.61 Å². The molecule has 0 aliphatic carbocycles. The lowest BCUT2D eigenvalue weighted by Gasteiger charge is -2.27. The Balaban J connectivity index is 3.56. The average Bonchev–Trinajstić information content (AvgIpc) is 3.11. The fraction of sp³-hybridized carbons (Fsp3) is 0.930. The van der Waals surface area contributed by atoms with E-state index in [0.29, 0.717) is 12.8 Å². The smallest absolute Gasteiger partial charge is 0.249 e. The molecule has 0 radical (unpaired) electrons. The highest BCUT2D eigenvalue weighted by Gasteiger charge is 2.28. The molecule has 6 nitrogen and oxygen atoms in total. The summed E-state index contributed by atoms with van der Waals surface area (Å²) in [5.74, 6) is -0.594. The maximum absolute atomic E-state index is 12.4. The van der Waals surface area contributed by atoms with Crippen LogP contribution in [0.4, 0.5) is 0 Å². The predicted molar refractivity (Wildman–Crippen MR) is 210 cm³/mol. The van der Waals surface area contributed by atoms with E-state index in [9.17, 15) is 25.2 Å². The van der Waals surface area contributed by atoms with Gasteiger partial charge in [-0.05, 0) is 32.1 Å². The van der Waals surface area contributed by atoms with Crippen LogP contribution in [0.2, 0.25) is 0 Å². The van der Waals surface area contributed by atoms with E-state index >= 15 is 0 Å². The minimum Gasteiger partial charge on any atom is -0.394 e. The Labute approximate surface area is 304 Å². The van der Waals surface area contributed by atoms with E-state index in [0.717, 1.165) is 44.9 Å². The maximum Gasteiger partial charge on any atom is 0.249 e. The molecule has 292 valence electrons. The topological polar surface area (TPSA) is 110 Å². The van der Waals surface area contributed by atoms with E-state index < -0.39 is 36.9 Å². The fourth-order valence-corrected chi connectivity index (χ4v) is 6.74.